The number of carbonyl (C=O) groups is 1. The van der Waals surface area contributed by atoms with Crippen LogP contribution in [0.3, 0.4) is 0 Å². The van der Waals surface area contributed by atoms with E-state index in [1.807, 2.05) is 6.08 Å². The molecule has 4 rings (SSSR count). The van der Waals surface area contributed by atoms with Gasteiger partial charge in [-0.2, -0.15) is 5.26 Å². The molecule has 0 spiro atoms. The van der Waals surface area contributed by atoms with Crippen LogP contribution in [0.25, 0.3) is 0 Å². The molecular formula is C21H29NO2. The molecular weight excluding hydrogens is 298 g/mol. The van der Waals surface area contributed by atoms with Gasteiger partial charge in [-0.3, -0.25) is 4.79 Å². The van der Waals surface area contributed by atoms with E-state index in [-0.39, 0.29) is 17.3 Å². The van der Waals surface area contributed by atoms with Crippen LogP contribution in [-0.4, -0.2) is 16.5 Å². The van der Waals surface area contributed by atoms with Crippen LogP contribution in [-0.2, 0) is 4.79 Å². The summed E-state index contributed by atoms with van der Waals surface area (Å²) < 4.78 is 0. The van der Waals surface area contributed by atoms with Gasteiger partial charge in [-0.15, -0.1) is 0 Å². The first kappa shape index (κ1) is 16.3. The second-order valence-electron chi connectivity index (χ2n) is 9.33. The van der Waals surface area contributed by atoms with Crippen molar-refractivity contribution in [3.05, 3.63) is 11.6 Å². The lowest BCUT2D eigenvalue weighted by Gasteiger charge is -2.59. The maximum absolute atomic E-state index is 11.9. The van der Waals surface area contributed by atoms with Gasteiger partial charge < -0.3 is 5.11 Å². The summed E-state index contributed by atoms with van der Waals surface area (Å²) in [6.45, 7) is 4.64. The number of fused-ring (bicyclic) bond motifs is 5. The van der Waals surface area contributed by atoms with E-state index >= 15 is 0 Å². The van der Waals surface area contributed by atoms with Crippen LogP contribution in [0.4, 0.5) is 0 Å². The third kappa shape index (κ3) is 1.96. The van der Waals surface area contributed by atoms with Gasteiger partial charge in [-0.25, -0.2) is 0 Å². The molecule has 0 amide bonds. The van der Waals surface area contributed by atoms with E-state index < -0.39 is 5.60 Å². The molecule has 0 bridgehead atoms. The van der Waals surface area contributed by atoms with Crippen LogP contribution in [0.5, 0.6) is 0 Å². The minimum Gasteiger partial charge on any atom is -0.388 e. The molecule has 0 radical (unpaired) electrons. The summed E-state index contributed by atoms with van der Waals surface area (Å²) in [6, 6.07) is 2.24. The van der Waals surface area contributed by atoms with E-state index in [4.69, 9.17) is 0 Å². The minimum absolute atomic E-state index is 0.105. The molecule has 130 valence electrons. The van der Waals surface area contributed by atoms with Gasteiger partial charge in [-0.05, 0) is 74.2 Å². The van der Waals surface area contributed by atoms with Crippen molar-refractivity contribution in [2.75, 3.05) is 0 Å². The summed E-state index contributed by atoms with van der Waals surface area (Å²) in [6.07, 6.45) is 10.1. The van der Waals surface area contributed by atoms with Gasteiger partial charge in [0.1, 0.15) is 0 Å². The second kappa shape index (κ2) is 5.18. The Kier molecular flexibility index (Phi) is 3.52. The third-order valence-corrected chi connectivity index (χ3v) is 8.66. The van der Waals surface area contributed by atoms with Gasteiger partial charge in [0.15, 0.2) is 5.78 Å². The van der Waals surface area contributed by atoms with Crippen LogP contribution in [0.1, 0.15) is 71.6 Å². The molecule has 0 saturated heterocycles. The Bertz CT molecular complexity index is 647. The largest absolute Gasteiger partial charge is 0.388 e. The van der Waals surface area contributed by atoms with Crippen LogP contribution < -0.4 is 0 Å². The van der Waals surface area contributed by atoms with Crippen molar-refractivity contribution >= 4 is 5.78 Å². The lowest BCUT2D eigenvalue weighted by atomic mass is 9.46. The standard InChI is InChI=1S/C21H29NO2/c1-19-8-5-15(23)13-14(19)3-4-16-17(19)6-9-20(2)18(16)7-10-21(20,24)11-12-22/h13,16-18,24H,3-11H2,1-2H3/t16-,17+,18-,19-,20-,21+/m0/s1. The predicted octanol–water partition coefficient (Wildman–Crippen LogP) is 4.16. The molecule has 0 aliphatic heterocycles. The molecule has 0 aromatic rings. The Morgan fingerprint density at radius 2 is 1.92 bits per heavy atom. The van der Waals surface area contributed by atoms with Crippen molar-refractivity contribution in [2.45, 2.75) is 77.2 Å². The molecule has 6 atom stereocenters. The molecule has 3 saturated carbocycles. The van der Waals surface area contributed by atoms with Crippen molar-refractivity contribution in [3.63, 3.8) is 0 Å². The summed E-state index contributed by atoms with van der Waals surface area (Å²) in [5, 5.41) is 20.4. The predicted molar refractivity (Wildman–Crippen MR) is 91.9 cm³/mol. The highest BCUT2D eigenvalue weighted by atomic mass is 16.3. The molecule has 3 heteroatoms. The van der Waals surface area contributed by atoms with Crippen molar-refractivity contribution in [3.8, 4) is 6.07 Å². The van der Waals surface area contributed by atoms with Gasteiger partial charge in [-0.1, -0.05) is 19.4 Å². The Hall–Kier alpha value is -1.14. The van der Waals surface area contributed by atoms with Crippen LogP contribution in [0.15, 0.2) is 11.6 Å². The van der Waals surface area contributed by atoms with Gasteiger partial charge in [0, 0.05) is 11.8 Å². The van der Waals surface area contributed by atoms with Crippen molar-refractivity contribution < 1.29 is 9.90 Å². The number of aliphatic hydroxyl groups is 1. The maximum atomic E-state index is 11.9. The zero-order valence-electron chi connectivity index (χ0n) is 15.0. The van der Waals surface area contributed by atoms with E-state index in [9.17, 15) is 15.2 Å². The van der Waals surface area contributed by atoms with Gasteiger partial charge in [0.2, 0.25) is 0 Å². The van der Waals surface area contributed by atoms with E-state index in [2.05, 4.69) is 19.9 Å². The van der Waals surface area contributed by atoms with E-state index in [0.29, 0.717) is 30.0 Å². The summed E-state index contributed by atoms with van der Waals surface area (Å²) in [4.78, 5) is 11.9. The normalized spacial score (nSPS) is 50.3. The van der Waals surface area contributed by atoms with Crippen molar-refractivity contribution in [1.29, 1.82) is 5.26 Å². The monoisotopic (exact) mass is 327 g/mol. The van der Waals surface area contributed by atoms with Crippen LogP contribution in [0.2, 0.25) is 0 Å². The Labute approximate surface area is 145 Å². The Morgan fingerprint density at radius 3 is 2.67 bits per heavy atom. The average Bonchev–Trinajstić information content (AvgIpc) is 2.80. The number of carbonyl (C=O) groups excluding carboxylic acids is 1. The first-order valence-corrected chi connectivity index (χ1v) is 9.67. The molecule has 0 unspecified atom stereocenters. The van der Waals surface area contributed by atoms with Crippen LogP contribution in [0, 0.1) is 39.9 Å². The Morgan fingerprint density at radius 1 is 1.17 bits per heavy atom. The molecule has 4 aliphatic rings. The molecule has 24 heavy (non-hydrogen) atoms. The highest BCUT2D eigenvalue weighted by molar-refractivity contribution is 5.91. The minimum atomic E-state index is -0.795. The molecule has 0 aromatic carbocycles. The van der Waals surface area contributed by atoms with Crippen molar-refractivity contribution in [2.24, 2.45) is 28.6 Å². The molecule has 3 fully saturated rings. The zero-order valence-corrected chi connectivity index (χ0v) is 15.0. The lowest BCUT2D eigenvalue weighted by Crippen LogP contribution is -2.54. The Balaban J connectivity index is 1.67. The highest BCUT2D eigenvalue weighted by Crippen LogP contribution is 2.67. The summed E-state index contributed by atoms with van der Waals surface area (Å²) in [5.41, 5.74) is 0.686. The number of hydrogen-bond donors (Lipinski definition) is 1. The first-order valence-electron chi connectivity index (χ1n) is 9.67. The molecule has 3 nitrogen and oxygen atoms in total. The summed E-state index contributed by atoms with van der Waals surface area (Å²) >= 11 is 0. The van der Waals surface area contributed by atoms with E-state index in [0.717, 1.165) is 44.9 Å². The second-order valence-corrected chi connectivity index (χ2v) is 9.33. The smallest absolute Gasteiger partial charge is 0.155 e. The average molecular weight is 327 g/mol. The maximum Gasteiger partial charge on any atom is 0.155 e. The van der Waals surface area contributed by atoms with Crippen LogP contribution >= 0.6 is 0 Å². The SMILES string of the molecule is C[C@]12CCC(=O)C=C1CC[C@H]1[C@H]2CC[C@@]2(C)[C@H]1CC[C@@]2(O)CC#N. The van der Waals surface area contributed by atoms with Gasteiger partial charge in [0.05, 0.1) is 18.1 Å². The number of nitrogens with zero attached hydrogens (tertiary/aromatic N) is 1. The van der Waals surface area contributed by atoms with E-state index in [1.165, 1.54) is 5.57 Å². The lowest BCUT2D eigenvalue weighted by molar-refractivity contribution is -0.128. The summed E-state index contributed by atoms with van der Waals surface area (Å²) in [7, 11) is 0. The first-order chi connectivity index (χ1) is 11.3. The van der Waals surface area contributed by atoms with Crippen molar-refractivity contribution in [1.82, 2.24) is 0 Å². The number of hydrogen-bond acceptors (Lipinski definition) is 3. The third-order valence-electron chi connectivity index (χ3n) is 8.66. The molecule has 0 aromatic heterocycles. The summed E-state index contributed by atoms with van der Waals surface area (Å²) in [5.74, 6) is 2.14. The quantitative estimate of drug-likeness (QED) is 0.786. The fourth-order valence-corrected chi connectivity index (χ4v) is 7.09. The number of ketones is 1. The highest BCUT2D eigenvalue weighted by Gasteiger charge is 2.63. The number of nitriles is 1. The van der Waals surface area contributed by atoms with E-state index in [1.54, 1.807) is 0 Å². The number of allylic oxidation sites excluding steroid dienone is 1. The molecule has 1 N–H and O–H groups in total. The molecule has 0 heterocycles. The number of rotatable bonds is 1. The molecule has 4 aliphatic carbocycles. The fourth-order valence-electron chi connectivity index (χ4n) is 7.09. The zero-order chi connectivity index (χ0) is 17.2. The fraction of sp³-hybridized carbons (Fsp3) is 0.810. The van der Waals surface area contributed by atoms with Gasteiger partial charge >= 0.3 is 0 Å². The van der Waals surface area contributed by atoms with Gasteiger partial charge in [0.25, 0.3) is 0 Å². The topological polar surface area (TPSA) is 61.1 Å².